The summed E-state index contributed by atoms with van der Waals surface area (Å²) in [6, 6.07) is 7.19. The average molecular weight is 370 g/mol. The molecular formula is C23H30O4. The standard InChI is InChI=1S/C23H30O4/c1-22(2)9-15(25)20-17(11-22)27-18-12-23(3,4)10-16(26)21(18)19(20)13-7-5-6-8-14(13)24/h5-8,17-21,24H,9-12H2,1-4H3. The zero-order valence-electron chi connectivity index (χ0n) is 16.7. The average Bonchev–Trinajstić information content (AvgIpc) is 2.51. The summed E-state index contributed by atoms with van der Waals surface area (Å²) < 4.78 is 6.47. The molecule has 1 aromatic rings. The van der Waals surface area contributed by atoms with Crippen molar-refractivity contribution in [2.24, 2.45) is 22.7 Å². The van der Waals surface area contributed by atoms with E-state index < -0.39 is 0 Å². The van der Waals surface area contributed by atoms with Crippen molar-refractivity contribution in [3.63, 3.8) is 0 Å². The Kier molecular flexibility index (Phi) is 4.26. The van der Waals surface area contributed by atoms with Crippen molar-refractivity contribution in [1.82, 2.24) is 0 Å². The summed E-state index contributed by atoms with van der Waals surface area (Å²) in [6.45, 7) is 8.45. The molecule has 1 aromatic carbocycles. The first-order chi connectivity index (χ1) is 12.6. The number of Topliss-reactive ketones (excluding diaryl/α,β-unsaturated/α-hetero) is 2. The van der Waals surface area contributed by atoms with E-state index in [0.29, 0.717) is 12.8 Å². The second-order valence-corrected chi connectivity index (χ2v) is 10.4. The first-order valence-corrected chi connectivity index (χ1v) is 10.1. The van der Waals surface area contributed by atoms with Crippen molar-refractivity contribution in [2.45, 2.75) is 71.5 Å². The number of rotatable bonds is 1. The predicted molar refractivity (Wildman–Crippen MR) is 103 cm³/mol. The molecule has 4 rings (SSSR count). The van der Waals surface area contributed by atoms with E-state index in [1.165, 1.54) is 0 Å². The van der Waals surface area contributed by atoms with Gasteiger partial charge in [0.25, 0.3) is 0 Å². The number of carbonyl (C=O) groups excluding carboxylic acids is 2. The van der Waals surface area contributed by atoms with Crippen molar-refractivity contribution in [1.29, 1.82) is 0 Å². The second-order valence-electron chi connectivity index (χ2n) is 10.4. The Balaban J connectivity index is 1.82. The molecule has 4 atom stereocenters. The minimum Gasteiger partial charge on any atom is -0.508 e. The first-order valence-electron chi connectivity index (χ1n) is 10.1. The molecule has 4 unspecified atom stereocenters. The number of ketones is 2. The summed E-state index contributed by atoms with van der Waals surface area (Å²) in [5.41, 5.74) is 0.539. The van der Waals surface area contributed by atoms with Gasteiger partial charge in [0.2, 0.25) is 0 Å². The molecule has 3 aliphatic rings. The Labute approximate surface area is 161 Å². The SMILES string of the molecule is CC1(C)CC(=O)C2C(C1)OC1CC(C)(C)CC(=O)C1C2c1ccccc1O. The van der Waals surface area contributed by atoms with Crippen LogP contribution in [0.1, 0.15) is 64.9 Å². The van der Waals surface area contributed by atoms with E-state index in [9.17, 15) is 14.7 Å². The van der Waals surface area contributed by atoms with Crippen molar-refractivity contribution in [3.05, 3.63) is 29.8 Å². The fourth-order valence-corrected chi connectivity index (χ4v) is 5.81. The molecule has 1 N–H and O–H groups in total. The molecule has 0 bridgehead atoms. The monoisotopic (exact) mass is 370 g/mol. The summed E-state index contributed by atoms with van der Waals surface area (Å²) in [7, 11) is 0. The van der Waals surface area contributed by atoms with Crippen LogP contribution in [0.25, 0.3) is 0 Å². The molecule has 1 saturated heterocycles. The van der Waals surface area contributed by atoms with E-state index in [-0.39, 0.29) is 58.1 Å². The fraction of sp³-hybridized carbons (Fsp3) is 0.652. The highest BCUT2D eigenvalue weighted by atomic mass is 16.5. The molecule has 1 aliphatic heterocycles. The highest BCUT2D eigenvalue weighted by Crippen LogP contribution is 2.55. The number of phenolic OH excluding ortho intramolecular Hbond substituents is 1. The van der Waals surface area contributed by atoms with Gasteiger partial charge in [0.15, 0.2) is 0 Å². The summed E-state index contributed by atoms with van der Waals surface area (Å²) in [4.78, 5) is 26.3. The third kappa shape index (κ3) is 3.22. The highest BCUT2D eigenvalue weighted by Gasteiger charge is 2.57. The number of carbonyl (C=O) groups is 2. The number of benzene rings is 1. The van der Waals surface area contributed by atoms with Crippen LogP contribution in [0.4, 0.5) is 0 Å². The Hall–Kier alpha value is -1.68. The molecule has 0 spiro atoms. The maximum Gasteiger partial charge on any atom is 0.139 e. The molecule has 2 aliphatic carbocycles. The molecule has 4 nitrogen and oxygen atoms in total. The van der Waals surface area contributed by atoms with Crippen LogP contribution in [0, 0.1) is 22.7 Å². The quantitative estimate of drug-likeness (QED) is 0.802. The summed E-state index contributed by atoms with van der Waals surface area (Å²) >= 11 is 0. The number of aromatic hydroxyl groups is 1. The molecule has 3 fully saturated rings. The van der Waals surface area contributed by atoms with Gasteiger partial charge in [0.1, 0.15) is 17.3 Å². The van der Waals surface area contributed by atoms with Crippen LogP contribution < -0.4 is 0 Å². The zero-order valence-corrected chi connectivity index (χ0v) is 16.7. The normalized spacial score (nSPS) is 37.4. The maximum absolute atomic E-state index is 13.2. The minimum absolute atomic E-state index is 0.0947. The van der Waals surface area contributed by atoms with Gasteiger partial charge in [-0.25, -0.2) is 0 Å². The minimum atomic E-state index is -0.349. The smallest absolute Gasteiger partial charge is 0.139 e. The van der Waals surface area contributed by atoms with Gasteiger partial charge in [-0.2, -0.15) is 0 Å². The lowest BCUT2D eigenvalue weighted by molar-refractivity contribution is -0.186. The summed E-state index contributed by atoms with van der Waals surface area (Å²) in [5, 5.41) is 10.6. The molecule has 0 amide bonds. The lowest BCUT2D eigenvalue weighted by atomic mass is 9.56. The largest absolute Gasteiger partial charge is 0.508 e. The fourth-order valence-electron chi connectivity index (χ4n) is 5.81. The Morgan fingerprint density at radius 2 is 1.33 bits per heavy atom. The summed E-state index contributed by atoms with van der Waals surface area (Å²) in [6.07, 6.45) is 2.25. The van der Waals surface area contributed by atoms with E-state index in [1.807, 2.05) is 12.1 Å². The number of phenols is 1. The van der Waals surface area contributed by atoms with Gasteiger partial charge in [0.05, 0.1) is 24.0 Å². The van der Waals surface area contributed by atoms with Gasteiger partial charge < -0.3 is 9.84 Å². The number of para-hydroxylation sites is 1. The molecular weight excluding hydrogens is 340 g/mol. The van der Waals surface area contributed by atoms with E-state index in [1.54, 1.807) is 12.1 Å². The van der Waals surface area contributed by atoms with Crippen molar-refractivity contribution in [2.75, 3.05) is 0 Å². The van der Waals surface area contributed by atoms with Crippen LogP contribution in [-0.4, -0.2) is 28.9 Å². The zero-order chi connectivity index (χ0) is 19.6. The Bertz CT molecular complexity index is 736. The summed E-state index contributed by atoms with van der Waals surface area (Å²) in [5.74, 6) is -0.476. The van der Waals surface area contributed by atoms with Gasteiger partial charge in [-0.15, -0.1) is 0 Å². The van der Waals surface area contributed by atoms with E-state index in [4.69, 9.17) is 4.74 Å². The lowest BCUT2D eigenvalue weighted by Gasteiger charge is -2.54. The van der Waals surface area contributed by atoms with Gasteiger partial charge in [0, 0.05) is 18.8 Å². The van der Waals surface area contributed by atoms with Crippen LogP contribution in [0.5, 0.6) is 5.75 Å². The number of ether oxygens (including phenoxy) is 1. The number of hydrogen-bond donors (Lipinski definition) is 1. The predicted octanol–water partition coefficient (Wildman–Crippen LogP) is 4.25. The van der Waals surface area contributed by atoms with Crippen LogP contribution in [0.3, 0.4) is 0 Å². The number of fused-ring (bicyclic) bond motifs is 2. The molecule has 0 radical (unpaired) electrons. The van der Waals surface area contributed by atoms with Gasteiger partial charge >= 0.3 is 0 Å². The number of hydrogen-bond acceptors (Lipinski definition) is 4. The maximum atomic E-state index is 13.2. The van der Waals surface area contributed by atoms with Crippen molar-refractivity contribution in [3.8, 4) is 5.75 Å². The van der Waals surface area contributed by atoms with Crippen LogP contribution in [-0.2, 0) is 14.3 Å². The molecule has 1 heterocycles. The molecule has 4 heteroatoms. The van der Waals surface area contributed by atoms with E-state index in [0.717, 1.165) is 18.4 Å². The van der Waals surface area contributed by atoms with E-state index >= 15 is 0 Å². The lowest BCUT2D eigenvalue weighted by Crippen LogP contribution is -2.58. The third-order valence-electron chi connectivity index (χ3n) is 6.78. The van der Waals surface area contributed by atoms with Crippen molar-refractivity contribution < 1.29 is 19.4 Å². The Morgan fingerprint density at radius 3 is 1.81 bits per heavy atom. The molecule has 146 valence electrons. The van der Waals surface area contributed by atoms with Gasteiger partial charge in [-0.1, -0.05) is 45.9 Å². The van der Waals surface area contributed by atoms with Crippen molar-refractivity contribution >= 4 is 11.6 Å². The Morgan fingerprint density at radius 1 is 0.852 bits per heavy atom. The third-order valence-corrected chi connectivity index (χ3v) is 6.78. The molecule has 2 saturated carbocycles. The highest BCUT2D eigenvalue weighted by molar-refractivity contribution is 5.89. The molecule has 0 aromatic heterocycles. The van der Waals surface area contributed by atoms with Gasteiger partial charge in [-0.05, 0) is 35.3 Å². The molecule has 27 heavy (non-hydrogen) atoms. The van der Waals surface area contributed by atoms with Crippen LogP contribution >= 0.6 is 0 Å². The first kappa shape index (κ1) is 18.7. The second kappa shape index (κ2) is 6.16. The van der Waals surface area contributed by atoms with Gasteiger partial charge in [-0.3, -0.25) is 9.59 Å². The van der Waals surface area contributed by atoms with Crippen LogP contribution in [0.15, 0.2) is 24.3 Å². The topological polar surface area (TPSA) is 63.6 Å². The van der Waals surface area contributed by atoms with E-state index in [2.05, 4.69) is 27.7 Å². The van der Waals surface area contributed by atoms with Crippen LogP contribution in [0.2, 0.25) is 0 Å².